The largest absolute Gasteiger partial charge is 0.349 e. The lowest BCUT2D eigenvalue weighted by Gasteiger charge is -2.19. The molecule has 0 radical (unpaired) electrons. The number of halogens is 1. The highest BCUT2D eigenvalue weighted by molar-refractivity contribution is 5.76. The van der Waals surface area contributed by atoms with E-state index in [0.717, 1.165) is 12.0 Å². The molecule has 0 fully saturated rings. The maximum absolute atomic E-state index is 12.8. The molecule has 0 saturated carbocycles. The lowest BCUT2D eigenvalue weighted by molar-refractivity contribution is -0.121. The minimum absolute atomic E-state index is 0.0272. The van der Waals surface area contributed by atoms with E-state index in [2.05, 4.69) is 31.3 Å². The number of hydrogen-bond acceptors (Lipinski definition) is 1. The van der Waals surface area contributed by atoms with E-state index in [1.807, 2.05) is 12.1 Å². The molecule has 0 spiro atoms. The molecule has 0 aliphatic carbocycles. The van der Waals surface area contributed by atoms with Crippen molar-refractivity contribution in [1.29, 1.82) is 0 Å². The van der Waals surface area contributed by atoms with Gasteiger partial charge in [0.25, 0.3) is 0 Å². The molecule has 1 amide bonds. The van der Waals surface area contributed by atoms with Crippen LogP contribution in [0.3, 0.4) is 0 Å². The molecule has 1 atom stereocenters. The molecule has 2 aromatic rings. The zero-order chi connectivity index (χ0) is 15.9. The summed E-state index contributed by atoms with van der Waals surface area (Å²) in [6, 6.07) is 14.5. The highest BCUT2D eigenvalue weighted by Crippen LogP contribution is 2.20. The average Bonchev–Trinajstić information content (AvgIpc) is 2.53. The first-order valence-electron chi connectivity index (χ1n) is 7.69. The Morgan fingerprint density at radius 3 is 2.45 bits per heavy atom. The van der Waals surface area contributed by atoms with E-state index in [1.165, 1.54) is 23.3 Å². The number of hydrogen-bond donors (Lipinski definition) is 1. The Labute approximate surface area is 131 Å². The third kappa shape index (κ3) is 4.42. The SMILES string of the molecule is CC[C@H](NC(=O)CCc1ccc(F)cc1)c1ccccc1C. The van der Waals surface area contributed by atoms with Crippen LogP contribution in [0.1, 0.15) is 42.5 Å². The molecule has 0 aliphatic heterocycles. The summed E-state index contributed by atoms with van der Waals surface area (Å²) in [5.74, 6) is -0.224. The van der Waals surface area contributed by atoms with Crippen LogP contribution in [0.4, 0.5) is 4.39 Å². The Kier molecular flexibility index (Phi) is 5.70. The second kappa shape index (κ2) is 7.74. The number of carbonyl (C=O) groups excluding carboxylic acids is 1. The molecule has 0 aliphatic rings. The van der Waals surface area contributed by atoms with E-state index >= 15 is 0 Å². The first-order chi connectivity index (χ1) is 10.6. The highest BCUT2D eigenvalue weighted by Gasteiger charge is 2.14. The van der Waals surface area contributed by atoms with E-state index in [9.17, 15) is 9.18 Å². The van der Waals surface area contributed by atoms with E-state index in [-0.39, 0.29) is 17.8 Å². The Balaban J connectivity index is 1.92. The fraction of sp³-hybridized carbons (Fsp3) is 0.316. The van der Waals surface area contributed by atoms with Gasteiger partial charge < -0.3 is 5.32 Å². The third-order valence-corrected chi connectivity index (χ3v) is 3.86. The van der Waals surface area contributed by atoms with E-state index < -0.39 is 0 Å². The van der Waals surface area contributed by atoms with Crippen LogP contribution in [0.2, 0.25) is 0 Å². The molecule has 2 aromatic carbocycles. The zero-order valence-corrected chi connectivity index (χ0v) is 13.1. The summed E-state index contributed by atoms with van der Waals surface area (Å²) >= 11 is 0. The average molecular weight is 299 g/mol. The van der Waals surface area contributed by atoms with E-state index in [0.29, 0.717) is 12.8 Å². The molecule has 0 aromatic heterocycles. The fourth-order valence-electron chi connectivity index (χ4n) is 2.55. The van der Waals surface area contributed by atoms with Crippen LogP contribution in [0.5, 0.6) is 0 Å². The van der Waals surface area contributed by atoms with Crippen LogP contribution in [0.15, 0.2) is 48.5 Å². The Morgan fingerprint density at radius 1 is 1.14 bits per heavy atom. The topological polar surface area (TPSA) is 29.1 Å². The Bertz CT molecular complexity index is 622. The van der Waals surface area contributed by atoms with Gasteiger partial charge in [-0.05, 0) is 48.6 Å². The lowest BCUT2D eigenvalue weighted by atomic mass is 9.99. The first kappa shape index (κ1) is 16.2. The van der Waals surface area contributed by atoms with Crippen LogP contribution >= 0.6 is 0 Å². The van der Waals surface area contributed by atoms with Gasteiger partial charge in [-0.2, -0.15) is 0 Å². The molecular formula is C19H22FNO. The number of amides is 1. The minimum atomic E-state index is -0.251. The number of aryl methyl sites for hydroxylation is 2. The van der Waals surface area contributed by atoms with Crippen LogP contribution in [-0.2, 0) is 11.2 Å². The highest BCUT2D eigenvalue weighted by atomic mass is 19.1. The second-order valence-corrected chi connectivity index (χ2v) is 5.51. The van der Waals surface area contributed by atoms with Gasteiger partial charge in [0.05, 0.1) is 6.04 Å². The molecule has 0 unspecified atom stereocenters. The van der Waals surface area contributed by atoms with E-state index in [4.69, 9.17) is 0 Å². The quantitative estimate of drug-likeness (QED) is 0.845. The van der Waals surface area contributed by atoms with E-state index in [1.54, 1.807) is 12.1 Å². The summed E-state index contributed by atoms with van der Waals surface area (Å²) in [4.78, 5) is 12.2. The van der Waals surface area contributed by atoms with Gasteiger partial charge in [0.2, 0.25) is 5.91 Å². The summed E-state index contributed by atoms with van der Waals surface area (Å²) in [5, 5.41) is 3.09. The third-order valence-electron chi connectivity index (χ3n) is 3.86. The predicted octanol–water partition coefficient (Wildman–Crippen LogP) is 4.33. The molecular weight excluding hydrogens is 277 g/mol. The van der Waals surface area contributed by atoms with Crippen molar-refractivity contribution in [2.45, 2.75) is 39.2 Å². The molecule has 2 rings (SSSR count). The molecule has 3 heteroatoms. The van der Waals surface area contributed by atoms with Crippen LogP contribution in [0.25, 0.3) is 0 Å². The molecule has 22 heavy (non-hydrogen) atoms. The summed E-state index contributed by atoms with van der Waals surface area (Å²) in [5.41, 5.74) is 3.33. The maximum Gasteiger partial charge on any atom is 0.220 e. The van der Waals surface area contributed by atoms with Crippen LogP contribution < -0.4 is 5.32 Å². The molecule has 1 N–H and O–H groups in total. The summed E-state index contributed by atoms with van der Waals surface area (Å²) in [7, 11) is 0. The van der Waals surface area contributed by atoms with Crippen molar-refractivity contribution in [1.82, 2.24) is 5.32 Å². The Hall–Kier alpha value is -2.16. The van der Waals surface area contributed by atoms with Crippen LogP contribution in [-0.4, -0.2) is 5.91 Å². The smallest absolute Gasteiger partial charge is 0.220 e. The van der Waals surface area contributed by atoms with Gasteiger partial charge in [-0.1, -0.05) is 43.3 Å². The van der Waals surface area contributed by atoms with Crippen molar-refractivity contribution >= 4 is 5.91 Å². The minimum Gasteiger partial charge on any atom is -0.349 e. The molecule has 0 bridgehead atoms. The molecule has 116 valence electrons. The normalized spacial score (nSPS) is 12.0. The van der Waals surface area contributed by atoms with Gasteiger partial charge in [0.1, 0.15) is 5.82 Å². The van der Waals surface area contributed by atoms with Gasteiger partial charge in [-0.3, -0.25) is 4.79 Å². The number of nitrogens with one attached hydrogen (secondary N) is 1. The predicted molar refractivity (Wildman–Crippen MR) is 87.1 cm³/mol. The van der Waals surface area contributed by atoms with Crippen molar-refractivity contribution < 1.29 is 9.18 Å². The number of rotatable bonds is 6. The Morgan fingerprint density at radius 2 is 1.82 bits per heavy atom. The van der Waals surface area contributed by atoms with Crippen molar-refractivity contribution in [3.05, 3.63) is 71.0 Å². The maximum atomic E-state index is 12.8. The van der Waals surface area contributed by atoms with Crippen LogP contribution in [0, 0.1) is 12.7 Å². The number of benzene rings is 2. The van der Waals surface area contributed by atoms with Crippen molar-refractivity contribution in [2.75, 3.05) is 0 Å². The summed E-state index contributed by atoms with van der Waals surface area (Å²) in [6.07, 6.45) is 1.89. The second-order valence-electron chi connectivity index (χ2n) is 5.51. The van der Waals surface area contributed by atoms with Gasteiger partial charge in [0.15, 0.2) is 0 Å². The lowest BCUT2D eigenvalue weighted by Crippen LogP contribution is -2.28. The first-order valence-corrected chi connectivity index (χ1v) is 7.69. The van der Waals surface area contributed by atoms with Gasteiger partial charge in [0, 0.05) is 6.42 Å². The summed E-state index contributed by atoms with van der Waals surface area (Å²) < 4.78 is 12.8. The zero-order valence-electron chi connectivity index (χ0n) is 13.1. The van der Waals surface area contributed by atoms with Gasteiger partial charge in [-0.25, -0.2) is 4.39 Å². The number of carbonyl (C=O) groups is 1. The molecule has 0 heterocycles. The molecule has 0 saturated heterocycles. The van der Waals surface area contributed by atoms with Crippen molar-refractivity contribution in [3.8, 4) is 0 Å². The van der Waals surface area contributed by atoms with Gasteiger partial charge >= 0.3 is 0 Å². The van der Waals surface area contributed by atoms with Crippen molar-refractivity contribution in [3.63, 3.8) is 0 Å². The fourth-order valence-corrected chi connectivity index (χ4v) is 2.55. The molecule has 2 nitrogen and oxygen atoms in total. The van der Waals surface area contributed by atoms with Gasteiger partial charge in [-0.15, -0.1) is 0 Å². The standard InChI is InChI=1S/C19H22FNO/c1-3-18(17-7-5-4-6-14(17)2)21-19(22)13-10-15-8-11-16(20)12-9-15/h4-9,11-12,18H,3,10,13H2,1-2H3,(H,21,22)/t18-/m0/s1. The monoisotopic (exact) mass is 299 g/mol. The summed E-state index contributed by atoms with van der Waals surface area (Å²) in [6.45, 7) is 4.13. The van der Waals surface area contributed by atoms with Crippen molar-refractivity contribution in [2.24, 2.45) is 0 Å².